The van der Waals surface area contributed by atoms with E-state index in [1.165, 1.54) is 63.9 Å². The van der Waals surface area contributed by atoms with Gasteiger partial charge in [-0.3, -0.25) is 28.8 Å². The Morgan fingerprint density at radius 2 is 1.31 bits per heavy atom. The van der Waals surface area contributed by atoms with Crippen molar-refractivity contribution in [3.05, 3.63) is 22.2 Å². The minimum Gasteiger partial charge on any atom is -0.462 e. The number of benzene rings is 1. The van der Waals surface area contributed by atoms with Gasteiger partial charge in [0.15, 0.2) is 11.6 Å². The summed E-state index contributed by atoms with van der Waals surface area (Å²) in [6.45, 7) is 4.03. The van der Waals surface area contributed by atoms with Crippen molar-refractivity contribution < 1.29 is 51.6 Å². The Labute approximate surface area is 352 Å². The average Bonchev–Trinajstić information content (AvgIpc) is 3.68. The third kappa shape index (κ3) is 24.6. The molecule has 0 saturated heterocycles. The lowest BCUT2D eigenvalue weighted by Gasteiger charge is -2.24. The predicted octanol–water partition coefficient (Wildman–Crippen LogP) is 10.2. The zero-order valence-corrected chi connectivity index (χ0v) is 37.6. The summed E-state index contributed by atoms with van der Waals surface area (Å²) in [7, 11) is 1.30. The maximum absolute atomic E-state index is 13.0. The first-order valence-corrected chi connectivity index (χ1v) is 23.7. The second kappa shape index (κ2) is 30.0. The monoisotopic (exact) mass is 857 g/mol. The van der Waals surface area contributed by atoms with E-state index in [2.05, 4.69) is 29.5 Å². The number of carbonyl (C=O) groups excluding carboxylic acids is 2. The van der Waals surface area contributed by atoms with Crippen LogP contribution in [0, 0.1) is 10.1 Å². The Bertz CT molecular complexity index is 1520. The predicted molar refractivity (Wildman–Crippen MR) is 229 cm³/mol. The van der Waals surface area contributed by atoms with Crippen molar-refractivity contribution >= 4 is 42.2 Å². The molecule has 2 N–H and O–H groups in total. The van der Waals surface area contributed by atoms with Crippen molar-refractivity contribution in [2.45, 2.75) is 174 Å². The van der Waals surface area contributed by atoms with Crippen LogP contribution in [0.15, 0.2) is 16.8 Å². The van der Waals surface area contributed by atoms with Crippen LogP contribution in [0.2, 0.25) is 0 Å². The minimum absolute atomic E-state index is 0.00419. The van der Waals surface area contributed by atoms with Crippen molar-refractivity contribution in [2.75, 3.05) is 52.8 Å². The number of ether oxygens (including phenoxy) is 2. The van der Waals surface area contributed by atoms with Crippen molar-refractivity contribution in [2.24, 2.45) is 0 Å². The standard InChI is InChI=1S/C42H74N5O11P/c1-6-8-10-12-13-14-15-16-17-18-19-20-22-27-39(48)54-33-36(34-56-59(52,53)55-32-31-47(3,4)5)57-40(49)28-24-23-26-35(25-21-11-9-7-2)43-37-29-30-38(46(50)51)42-41(37)44-58-45-42/h29-30,35-36H,6-28,31-34H2,1-5H3,(H-,43,45,52,53)/p+1/t35?,36-/m1/s1. The second-order valence-corrected chi connectivity index (χ2v) is 18.1. The Morgan fingerprint density at radius 1 is 0.780 bits per heavy atom. The van der Waals surface area contributed by atoms with Crippen LogP contribution in [-0.4, -0.2) is 96.2 Å². The van der Waals surface area contributed by atoms with Gasteiger partial charge in [0, 0.05) is 24.9 Å². The fourth-order valence-electron chi connectivity index (χ4n) is 6.65. The summed E-state index contributed by atoms with van der Waals surface area (Å²) in [5.74, 6) is -0.979. The summed E-state index contributed by atoms with van der Waals surface area (Å²) in [4.78, 5) is 46.8. The van der Waals surface area contributed by atoms with Crippen LogP contribution in [0.3, 0.4) is 0 Å². The molecule has 2 unspecified atom stereocenters. The molecule has 2 aromatic rings. The molecule has 0 fully saturated rings. The molecule has 0 aliphatic carbocycles. The summed E-state index contributed by atoms with van der Waals surface area (Å²) in [5, 5.41) is 22.5. The highest BCUT2D eigenvalue weighted by atomic mass is 31.2. The molecule has 1 heterocycles. The number of quaternary nitrogens is 1. The molecule has 17 heteroatoms. The van der Waals surface area contributed by atoms with Crippen LogP contribution in [0.25, 0.3) is 11.0 Å². The van der Waals surface area contributed by atoms with E-state index >= 15 is 0 Å². The van der Waals surface area contributed by atoms with Crippen molar-refractivity contribution in [3.8, 4) is 0 Å². The van der Waals surface area contributed by atoms with E-state index in [-0.39, 0.29) is 48.8 Å². The number of hydrogen-bond acceptors (Lipinski definition) is 13. The number of anilines is 1. The van der Waals surface area contributed by atoms with Gasteiger partial charge in [-0.05, 0) is 42.1 Å². The first kappa shape index (κ1) is 52.0. The maximum Gasteiger partial charge on any atom is 0.472 e. The molecule has 2 rings (SSSR count). The lowest BCUT2D eigenvalue weighted by Crippen LogP contribution is -2.37. The van der Waals surface area contributed by atoms with E-state index in [1.807, 2.05) is 21.1 Å². The zero-order valence-electron chi connectivity index (χ0n) is 36.7. The van der Waals surface area contributed by atoms with Crippen LogP contribution in [0.1, 0.15) is 162 Å². The van der Waals surface area contributed by atoms with Gasteiger partial charge in [-0.2, -0.15) is 0 Å². The fourth-order valence-corrected chi connectivity index (χ4v) is 7.40. The van der Waals surface area contributed by atoms with E-state index < -0.39 is 37.4 Å². The average molecular weight is 857 g/mol. The van der Waals surface area contributed by atoms with Gasteiger partial charge >= 0.3 is 25.4 Å². The van der Waals surface area contributed by atoms with Gasteiger partial charge in [0.05, 0.1) is 38.4 Å². The molecule has 0 amide bonds. The normalized spacial score (nSPS) is 13.9. The summed E-state index contributed by atoms with van der Waals surface area (Å²) in [5.41, 5.74) is 0.753. The van der Waals surface area contributed by atoms with E-state index in [9.17, 15) is 29.2 Å². The summed E-state index contributed by atoms with van der Waals surface area (Å²) in [6, 6.07) is 2.98. The van der Waals surface area contributed by atoms with Gasteiger partial charge in [-0.15, -0.1) is 0 Å². The van der Waals surface area contributed by atoms with Crippen LogP contribution < -0.4 is 5.32 Å². The highest BCUT2D eigenvalue weighted by Crippen LogP contribution is 2.43. The maximum atomic E-state index is 13.0. The molecule has 1 aromatic heterocycles. The Kier molecular flexibility index (Phi) is 26.4. The third-order valence-electron chi connectivity index (χ3n) is 10.2. The highest BCUT2D eigenvalue weighted by molar-refractivity contribution is 7.47. The Morgan fingerprint density at radius 3 is 1.90 bits per heavy atom. The molecular weight excluding hydrogens is 781 g/mol. The fraction of sp³-hybridized carbons (Fsp3) is 0.810. The van der Waals surface area contributed by atoms with Gasteiger partial charge in [0.1, 0.15) is 19.8 Å². The van der Waals surface area contributed by atoms with E-state index in [1.54, 1.807) is 6.07 Å². The van der Waals surface area contributed by atoms with Crippen LogP contribution in [-0.2, 0) is 32.7 Å². The number of esters is 2. The molecule has 0 aliphatic heterocycles. The van der Waals surface area contributed by atoms with Crippen LogP contribution in [0.5, 0.6) is 0 Å². The number of phosphoric ester groups is 1. The number of aromatic nitrogens is 2. The molecule has 0 aliphatic rings. The zero-order chi connectivity index (χ0) is 43.4. The second-order valence-electron chi connectivity index (χ2n) is 16.7. The molecule has 0 saturated carbocycles. The molecule has 0 bridgehead atoms. The molecule has 59 heavy (non-hydrogen) atoms. The SMILES string of the molecule is CCCCCCCCCCCCCCCC(=O)OC[C@H](COP(=O)(O)OCC[N+](C)(C)C)OC(=O)CCCCC(CCCCCC)Nc1ccc([N+](=O)[O-])c2nonc12. The van der Waals surface area contributed by atoms with Crippen molar-refractivity contribution in [1.82, 2.24) is 10.3 Å². The lowest BCUT2D eigenvalue weighted by molar-refractivity contribution is -0.870. The molecule has 1 aromatic carbocycles. The molecule has 0 radical (unpaired) electrons. The minimum atomic E-state index is -4.46. The lowest BCUT2D eigenvalue weighted by atomic mass is 10.0. The number of phosphoric acid groups is 1. The number of fused-ring (bicyclic) bond motifs is 1. The topological polar surface area (TPSA) is 202 Å². The van der Waals surface area contributed by atoms with Crippen molar-refractivity contribution in [3.63, 3.8) is 0 Å². The van der Waals surface area contributed by atoms with Crippen LogP contribution in [0.4, 0.5) is 11.4 Å². The molecule has 0 spiro atoms. The largest absolute Gasteiger partial charge is 0.472 e. The first-order valence-electron chi connectivity index (χ1n) is 22.2. The number of nitro benzene ring substituents is 1. The van der Waals surface area contributed by atoms with E-state index in [0.717, 1.165) is 51.4 Å². The number of nitrogens with one attached hydrogen (secondary N) is 1. The number of rotatable bonds is 37. The van der Waals surface area contributed by atoms with Gasteiger partial charge < -0.3 is 24.2 Å². The smallest absolute Gasteiger partial charge is 0.462 e. The van der Waals surface area contributed by atoms with Gasteiger partial charge in [-0.25, -0.2) is 9.19 Å². The van der Waals surface area contributed by atoms with Gasteiger partial charge in [0.2, 0.25) is 5.52 Å². The van der Waals surface area contributed by atoms with Gasteiger partial charge in [-0.1, -0.05) is 123 Å². The number of unbranched alkanes of at least 4 members (excludes halogenated alkanes) is 16. The summed E-state index contributed by atoms with van der Waals surface area (Å²) in [6.07, 6.45) is 21.7. The number of nitrogens with zero attached hydrogens (tertiary/aromatic N) is 4. The number of carbonyl (C=O) groups is 2. The third-order valence-corrected chi connectivity index (χ3v) is 11.2. The number of hydrogen-bond donors (Lipinski definition) is 2. The van der Waals surface area contributed by atoms with Crippen LogP contribution >= 0.6 is 7.82 Å². The molecule has 3 atom stereocenters. The summed E-state index contributed by atoms with van der Waals surface area (Å²) >= 11 is 0. The number of nitro groups is 1. The van der Waals surface area contributed by atoms with E-state index in [4.69, 9.17) is 23.2 Å². The van der Waals surface area contributed by atoms with Gasteiger partial charge in [0.25, 0.3) is 0 Å². The first-order chi connectivity index (χ1) is 28.2. The Balaban J connectivity index is 1.86. The number of likely N-dealkylation sites (N-methyl/N-ethyl adjacent to an activating group) is 1. The van der Waals surface area contributed by atoms with E-state index in [0.29, 0.717) is 42.4 Å². The Hall–Kier alpha value is -3.17. The number of non-ortho nitro benzene ring substituents is 1. The van der Waals surface area contributed by atoms with Crippen molar-refractivity contribution in [1.29, 1.82) is 0 Å². The molecular formula is C42H75N5O11P+. The molecule has 338 valence electrons. The molecule has 16 nitrogen and oxygen atoms in total. The summed E-state index contributed by atoms with van der Waals surface area (Å²) < 4.78 is 39.3. The quantitative estimate of drug-likeness (QED) is 0.0162. The highest BCUT2D eigenvalue weighted by Gasteiger charge is 2.27.